The number of carbonyl (C=O) groups is 2. The number of urea groups is 1. The Bertz CT molecular complexity index is 1130. The number of nitrogens with zero attached hydrogens (tertiary/aromatic N) is 2. The van der Waals surface area contributed by atoms with Crippen LogP contribution >= 0.6 is 22.9 Å². The fraction of sp³-hybridized carbons (Fsp3) is 0.238. The molecule has 7 nitrogen and oxygen atoms in total. The second-order valence-corrected chi connectivity index (χ2v) is 8.42. The summed E-state index contributed by atoms with van der Waals surface area (Å²) in [4.78, 5) is 25.2. The highest BCUT2D eigenvalue weighted by atomic mass is 35.5. The third-order valence-electron chi connectivity index (χ3n) is 4.69. The molecule has 2 aromatic carbocycles. The van der Waals surface area contributed by atoms with E-state index in [0.717, 1.165) is 17.7 Å². The first-order valence-electron chi connectivity index (χ1n) is 9.69. The van der Waals surface area contributed by atoms with Gasteiger partial charge in [-0.2, -0.15) is 0 Å². The summed E-state index contributed by atoms with van der Waals surface area (Å²) < 4.78 is 26.4. The van der Waals surface area contributed by atoms with E-state index in [2.05, 4.69) is 26.1 Å². The predicted molar refractivity (Wildman–Crippen MR) is 121 cm³/mol. The normalized spacial score (nSPS) is 12.7. The van der Waals surface area contributed by atoms with Gasteiger partial charge in [0, 0.05) is 22.3 Å². The van der Waals surface area contributed by atoms with E-state index in [1.807, 2.05) is 13.0 Å². The first-order chi connectivity index (χ1) is 15.3. The summed E-state index contributed by atoms with van der Waals surface area (Å²) in [5.41, 5.74) is 0.818. The molecule has 3 rings (SSSR count). The van der Waals surface area contributed by atoms with E-state index in [-0.39, 0.29) is 16.7 Å². The Morgan fingerprint density at radius 3 is 2.56 bits per heavy atom. The summed E-state index contributed by atoms with van der Waals surface area (Å²) in [5, 5.41) is 17.1. The Hall–Kier alpha value is -3.11. The van der Waals surface area contributed by atoms with Crippen LogP contribution in [0.25, 0.3) is 10.6 Å². The fourth-order valence-electron chi connectivity index (χ4n) is 2.78. The molecule has 2 atom stereocenters. The van der Waals surface area contributed by atoms with Crippen molar-refractivity contribution in [3.05, 3.63) is 59.1 Å². The van der Waals surface area contributed by atoms with Crippen LogP contribution in [0, 0.1) is 17.6 Å². The van der Waals surface area contributed by atoms with Crippen molar-refractivity contribution in [2.45, 2.75) is 26.3 Å². The molecule has 3 N–H and O–H groups in total. The molecule has 1 heterocycles. The molecular weight excluding hydrogens is 460 g/mol. The molecular formula is C21H20ClF2N5O2S. The van der Waals surface area contributed by atoms with E-state index in [1.54, 1.807) is 25.1 Å². The first-order valence-corrected chi connectivity index (χ1v) is 10.9. The number of rotatable bonds is 7. The van der Waals surface area contributed by atoms with Crippen LogP contribution in [0.4, 0.5) is 24.4 Å². The van der Waals surface area contributed by atoms with E-state index in [0.29, 0.717) is 16.5 Å². The van der Waals surface area contributed by atoms with Crippen molar-refractivity contribution in [2.75, 3.05) is 10.6 Å². The van der Waals surface area contributed by atoms with Crippen LogP contribution in [0.15, 0.2) is 42.5 Å². The number of hydrogen-bond donors (Lipinski definition) is 3. The van der Waals surface area contributed by atoms with Gasteiger partial charge < -0.3 is 10.6 Å². The largest absolute Gasteiger partial charge is 0.326 e. The number of nitrogens with one attached hydrogen (secondary N) is 3. The first kappa shape index (κ1) is 23.6. The molecule has 3 aromatic rings. The minimum atomic E-state index is -1.09. The summed E-state index contributed by atoms with van der Waals surface area (Å²) in [7, 11) is 0. The Labute approximate surface area is 192 Å². The standard InChI is InChI=1S/C21H20ClF2N5O2S/c1-3-11(2)17(26-20(31)25-14-7-8-15(23)16(24)10-14)18(30)27-21-29-28-19(32-21)12-5-4-6-13(22)9-12/h4-11,17H,3H2,1-2H3,(H2,25,26,31)(H,27,29,30)/t11-,17-/m0/s1. The van der Waals surface area contributed by atoms with Crippen LogP contribution in [-0.4, -0.2) is 28.2 Å². The van der Waals surface area contributed by atoms with Crippen LogP contribution < -0.4 is 16.0 Å². The lowest BCUT2D eigenvalue weighted by Crippen LogP contribution is -2.49. The van der Waals surface area contributed by atoms with Gasteiger partial charge in [0.25, 0.3) is 0 Å². The lowest BCUT2D eigenvalue weighted by atomic mass is 9.98. The van der Waals surface area contributed by atoms with E-state index in [1.165, 1.54) is 17.4 Å². The lowest BCUT2D eigenvalue weighted by Gasteiger charge is -2.23. The van der Waals surface area contributed by atoms with E-state index >= 15 is 0 Å². The molecule has 0 aliphatic carbocycles. The minimum absolute atomic E-state index is 0.0556. The molecule has 32 heavy (non-hydrogen) atoms. The summed E-state index contributed by atoms with van der Waals surface area (Å²) >= 11 is 7.17. The highest BCUT2D eigenvalue weighted by Gasteiger charge is 2.27. The van der Waals surface area contributed by atoms with Crippen molar-refractivity contribution in [1.82, 2.24) is 15.5 Å². The van der Waals surface area contributed by atoms with Gasteiger partial charge in [-0.25, -0.2) is 13.6 Å². The maximum atomic E-state index is 13.4. The van der Waals surface area contributed by atoms with Crippen LogP contribution in [-0.2, 0) is 4.79 Å². The van der Waals surface area contributed by atoms with Crippen molar-refractivity contribution in [3.63, 3.8) is 0 Å². The van der Waals surface area contributed by atoms with Gasteiger partial charge in [-0.1, -0.05) is 55.3 Å². The summed E-state index contributed by atoms with van der Waals surface area (Å²) in [5.74, 6) is -2.81. The van der Waals surface area contributed by atoms with Gasteiger partial charge in [-0.3, -0.25) is 10.1 Å². The number of carbonyl (C=O) groups excluding carboxylic acids is 2. The van der Waals surface area contributed by atoms with E-state index in [9.17, 15) is 18.4 Å². The Morgan fingerprint density at radius 2 is 1.88 bits per heavy atom. The number of aromatic nitrogens is 2. The zero-order valence-electron chi connectivity index (χ0n) is 17.2. The Morgan fingerprint density at radius 1 is 1.09 bits per heavy atom. The summed E-state index contributed by atoms with van der Waals surface area (Å²) in [6.45, 7) is 3.68. The maximum Gasteiger partial charge on any atom is 0.319 e. The number of amides is 3. The third kappa shape index (κ3) is 5.98. The molecule has 0 aliphatic heterocycles. The average Bonchev–Trinajstić information content (AvgIpc) is 3.22. The summed E-state index contributed by atoms with van der Waals surface area (Å²) in [6.07, 6.45) is 0.605. The molecule has 0 bridgehead atoms. The van der Waals surface area contributed by atoms with Gasteiger partial charge in [0.15, 0.2) is 11.6 Å². The van der Waals surface area contributed by atoms with E-state index < -0.39 is 29.6 Å². The quantitative estimate of drug-likeness (QED) is 0.427. The SMILES string of the molecule is CC[C@H](C)[C@H](NC(=O)Nc1ccc(F)c(F)c1)C(=O)Nc1nnc(-c2cccc(Cl)c2)s1. The van der Waals surface area contributed by atoms with Gasteiger partial charge in [-0.05, 0) is 30.2 Å². The molecule has 1 aromatic heterocycles. The van der Waals surface area contributed by atoms with Crippen molar-refractivity contribution in [3.8, 4) is 10.6 Å². The van der Waals surface area contributed by atoms with Crippen LogP contribution in [0.2, 0.25) is 5.02 Å². The maximum absolute atomic E-state index is 13.4. The smallest absolute Gasteiger partial charge is 0.319 e. The number of hydrogen-bond acceptors (Lipinski definition) is 5. The predicted octanol–water partition coefficient (Wildman–Crippen LogP) is 5.31. The number of benzene rings is 2. The molecule has 0 saturated heterocycles. The van der Waals surface area contributed by atoms with Gasteiger partial charge >= 0.3 is 6.03 Å². The molecule has 168 valence electrons. The van der Waals surface area contributed by atoms with Crippen LogP contribution in [0.3, 0.4) is 0 Å². The minimum Gasteiger partial charge on any atom is -0.326 e. The molecule has 0 spiro atoms. The zero-order valence-corrected chi connectivity index (χ0v) is 18.7. The zero-order chi connectivity index (χ0) is 23.3. The second-order valence-electron chi connectivity index (χ2n) is 7.00. The fourth-order valence-corrected chi connectivity index (χ4v) is 3.71. The Balaban J connectivity index is 1.68. The van der Waals surface area contributed by atoms with Gasteiger partial charge in [0.1, 0.15) is 11.0 Å². The monoisotopic (exact) mass is 479 g/mol. The molecule has 0 unspecified atom stereocenters. The topological polar surface area (TPSA) is 96.0 Å². The molecule has 0 fully saturated rings. The molecule has 3 amide bonds. The lowest BCUT2D eigenvalue weighted by molar-refractivity contribution is -0.119. The number of anilines is 2. The van der Waals surface area contributed by atoms with E-state index in [4.69, 9.17) is 11.6 Å². The van der Waals surface area contributed by atoms with Crippen molar-refractivity contribution < 1.29 is 18.4 Å². The number of halogens is 3. The highest BCUT2D eigenvalue weighted by Crippen LogP contribution is 2.28. The van der Waals surface area contributed by atoms with Crippen LogP contribution in [0.5, 0.6) is 0 Å². The van der Waals surface area contributed by atoms with Gasteiger partial charge in [0.2, 0.25) is 11.0 Å². The van der Waals surface area contributed by atoms with Gasteiger partial charge in [0.05, 0.1) is 0 Å². The highest BCUT2D eigenvalue weighted by molar-refractivity contribution is 7.18. The van der Waals surface area contributed by atoms with Crippen molar-refractivity contribution in [2.24, 2.45) is 5.92 Å². The molecule has 0 radical (unpaired) electrons. The Kier molecular flexibility index (Phi) is 7.70. The molecule has 11 heteroatoms. The average molecular weight is 480 g/mol. The summed E-state index contributed by atoms with van der Waals surface area (Å²) in [6, 6.07) is 8.42. The van der Waals surface area contributed by atoms with Crippen molar-refractivity contribution >= 4 is 45.7 Å². The van der Waals surface area contributed by atoms with Gasteiger partial charge in [-0.15, -0.1) is 10.2 Å². The van der Waals surface area contributed by atoms with Crippen LogP contribution in [0.1, 0.15) is 20.3 Å². The van der Waals surface area contributed by atoms with Crippen molar-refractivity contribution in [1.29, 1.82) is 0 Å². The molecule has 0 saturated carbocycles. The second kappa shape index (κ2) is 10.5. The molecule has 0 aliphatic rings. The third-order valence-corrected chi connectivity index (χ3v) is 5.81.